The molecule has 0 atom stereocenters. The van der Waals surface area contributed by atoms with Gasteiger partial charge in [0.15, 0.2) is 0 Å². The summed E-state index contributed by atoms with van der Waals surface area (Å²) in [7, 11) is 1.53. The monoisotopic (exact) mass is 89.0 g/mol. The van der Waals surface area contributed by atoms with Crippen LogP contribution in [0.5, 0.6) is 0 Å². The van der Waals surface area contributed by atoms with Crippen LogP contribution in [0.25, 0.3) is 0 Å². The normalized spacial score (nSPS) is 10.2. The Morgan fingerprint density at radius 2 is 2.67 bits per heavy atom. The molecule has 0 aromatic rings. The number of methoxy groups -OCH3 is 1. The molecule has 0 saturated heterocycles. The highest BCUT2D eigenvalue weighted by molar-refractivity contribution is 5.57. The second-order valence-electron chi connectivity index (χ2n) is 0.753. The van der Waals surface area contributed by atoms with Gasteiger partial charge in [-0.15, -0.1) is 0 Å². The van der Waals surface area contributed by atoms with Crippen molar-refractivity contribution in [3.05, 3.63) is 0 Å². The Hall–Kier alpha value is -0.570. The van der Waals surface area contributed by atoms with Gasteiger partial charge in [0.25, 0.3) is 0 Å². The molecule has 0 fully saturated rings. The molecule has 0 rings (SSSR count). The smallest absolute Gasteiger partial charge is 0.0848 e. The number of hydrogen-bond acceptors (Lipinski definition) is 3. The molecule has 0 aliphatic rings. The van der Waals surface area contributed by atoms with Crippen molar-refractivity contribution in [1.82, 2.24) is 0 Å². The standard InChI is InChI=1S/C3H7NO2/c1-6-3-2-4-5/h2,5H,3H2,1H3. The minimum Gasteiger partial charge on any atom is -0.411 e. The van der Waals surface area contributed by atoms with Crippen LogP contribution < -0.4 is 0 Å². The van der Waals surface area contributed by atoms with E-state index in [4.69, 9.17) is 5.21 Å². The minimum atomic E-state index is 0.372. The first-order valence-corrected chi connectivity index (χ1v) is 1.56. The van der Waals surface area contributed by atoms with Crippen molar-refractivity contribution in [2.45, 2.75) is 0 Å². The molecule has 36 valence electrons. The van der Waals surface area contributed by atoms with E-state index >= 15 is 0 Å². The minimum absolute atomic E-state index is 0.372. The lowest BCUT2D eigenvalue weighted by Gasteiger charge is -1.80. The first kappa shape index (κ1) is 5.43. The molecule has 3 heteroatoms. The third-order valence-corrected chi connectivity index (χ3v) is 0.323. The molecule has 0 bridgehead atoms. The van der Waals surface area contributed by atoms with Crippen molar-refractivity contribution in [3.8, 4) is 0 Å². The summed E-state index contributed by atoms with van der Waals surface area (Å²) in [4.78, 5) is 0. The molecule has 0 radical (unpaired) electrons. The van der Waals surface area contributed by atoms with Crippen LogP contribution in [0.4, 0.5) is 0 Å². The summed E-state index contributed by atoms with van der Waals surface area (Å²) in [5.74, 6) is 0. The van der Waals surface area contributed by atoms with E-state index in [1.165, 1.54) is 13.3 Å². The van der Waals surface area contributed by atoms with Crippen LogP contribution in [-0.4, -0.2) is 25.1 Å². The molecule has 6 heavy (non-hydrogen) atoms. The molecular weight excluding hydrogens is 82.0 g/mol. The topological polar surface area (TPSA) is 41.8 Å². The van der Waals surface area contributed by atoms with Crippen LogP contribution in [0, 0.1) is 0 Å². The summed E-state index contributed by atoms with van der Waals surface area (Å²) in [6, 6.07) is 0. The van der Waals surface area contributed by atoms with Crippen molar-refractivity contribution < 1.29 is 9.94 Å². The second kappa shape index (κ2) is 4.43. The SMILES string of the molecule is COCC=NO. The Balaban J connectivity index is 2.66. The first-order chi connectivity index (χ1) is 2.91. The van der Waals surface area contributed by atoms with Crippen LogP contribution in [0.3, 0.4) is 0 Å². The van der Waals surface area contributed by atoms with Gasteiger partial charge in [0.2, 0.25) is 0 Å². The van der Waals surface area contributed by atoms with Crippen molar-refractivity contribution in [2.75, 3.05) is 13.7 Å². The summed E-state index contributed by atoms with van der Waals surface area (Å²) < 4.78 is 4.47. The molecule has 0 spiro atoms. The maximum atomic E-state index is 7.69. The molecule has 0 heterocycles. The largest absolute Gasteiger partial charge is 0.411 e. The van der Waals surface area contributed by atoms with Crippen molar-refractivity contribution in [3.63, 3.8) is 0 Å². The van der Waals surface area contributed by atoms with Gasteiger partial charge in [0.05, 0.1) is 12.8 Å². The van der Waals surface area contributed by atoms with Crippen LogP contribution in [0.2, 0.25) is 0 Å². The van der Waals surface area contributed by atoms with Gasteiger partial charge in [-0.3, -0.25) is 0 Å². The highest BCUT2D eigenvalue weighted by Crippen LogP contribution is 1.56. The maximum absolute atomic E-state index is 7.69. The van der Waals surface area contributed by atoms with E-state index in [-0.39, 0.29) is 0 Å². The third-order valence-electron chi connectivity index (χ3n) is 0.323. The second-order valence-corrected chi connectivity index (χ2v) is 0.753. The van der Waals surface area contributed by atoms with Crippen LogP contribution >= 0.6 is 0 Å². The lowest BCUT2D eigenvalue weighted by atomic mass is 10.8. The molecule has 0 saturated carbocycles. The van der Waals surface area contributed by atoms with Gasteiger partial charge in [0.1, 0.15) is 0 Å². The highest BCUT2D eigenvalue weighted by Gasteiger charge is 1.65. The Kier molecular flexibility index (Phi) is 4.01. The van der Waals surface area contributed by atoms with Gasteiger partial charge in [-0.1, -0.05) is 5.16 Å². The maximum Gasteiger partial charge on any atom is 0.0848 e. The summed E-state index contributed by atoms with van der Waals surface area (Å²) in [5, 5.41) is 10.4. The molecule has 0 amide bonds. The van der Waals surface area contributed by atoms with E-state index in [2.05, 4.69) is 9.89 Å². The molecule has 0 aliphatic carbocycles. The fourth-order valence-electron chi connectivity index (χ4n) is 0.108. The summed E-state index contributed by atoms with van der Waals surface area (Å²) in [6.45, 7) is 0.372. The zero-order valence-corrected chi connectivity index (χ0v) is 3.59. The molecule has 1 N–H and O–H groups in total. The fraction of sp³-hybridized carbons (Fsp3) is 0.667. The summed E-state index contributed by atoms with van der Waals surface area (Å²) >= 11 is 0. The zero-order chi connectivity index (χ0) is 4.83. The summed E-state index contributed by atoms with van der Waals surface area (Å²) in [6.07, 6.45) is 1.26. The first-order valence-electron chi connectivity index (χ1n) is 1.56. The predicted octanol–water partition coefficient (Wildman–Crippen LogP) is 0.0928. The zero-order valence-electron chi connectivity index (χ0n) is 3.59. The Morgan fingerprint density at radius 3 is 2.83 bits per heavy atom. The Bertz CT molecular complexity index is 44.1. The quantitative estimate of drug-likeness (QED) is 0.296. The molecule has 0 aliphatic heterocycles. The predicted molar refractivity (Wildman–Crippen MR) is 22.2 cm³/mol. The average Bonchev–Trinajstić information content (AvgIpc) is 1.61. The summed E-state index contributed by atoms with van der Waals surface area (Å²) in [5.41, 5.74) is 0. The van der Waals surface area contributed by atoms with Crippen LogP contribution in [-0.2, 0) is 4.74 Å². The van der Waals surface area contributed by atoms with E-state index in [1.807, 2.05) is 0 Å². The van der Waals surface area contributed by atoms with Gasteiger partial charge in [-0.25, -0.2) is 0 Å². The van der Waals surface area contributed by atoms with Gasteiger partial charge >= 0.3 is 0 Å². The van der Waals surface area contributed by atoms with E-state index in [1.54, 1.807) is 0 Å². The Morgan fingerprint density at radius 1 is 2.00 bits per heavy atom. The molecule has 0 aromatic heterocycles. The highest BCUT2D eigenvalue weighted by atomic mass is 16.5. The molecular formula is C3H7NO2. The number of hydrogen-bond donors (Lipinski definition) is 1. The number of nitrogens with zero attached hydrogens (tertiary/aromatic N) is 1. The average molecular weight is 89.1 g/mol. The Labute approximate surface area is 36.2 Å². The van der Waals surface area contributed by atoms with Gasteiger partial charge in [-0.05, 0) is 0 Å². The molecule has 0 unspecified atom stereocenters. The van der Waals surface area contributed by atoms with Crippen LogP contribution in [0.1, 0.15) is 0 Å². The molecule has 0 aromatic carbocycles. The fourth-order valence-corrected chi connectivity index (χ4v) is 0.108. The van der Waals surface area contributed by atoms with Gasteiger partial charge in [0, 0.05) is 7.11 Å². The van der Waals surface area contributed by atoms with Crippen molar-refractivity contribution in [1.29, 1.82) is 0 Å². The number of ether oxygens (including phenoxy) is 1. The van der Waals surface area contributed by atoms with E-state index in [0.717, 1.165) is 0 Å². The van der Waals surface area contributed by atoms with E-state index in [0.29, 0.717) is 6.61 Å². The van der Waals surface area contributed by atoms with Crippen molar-refractivity contribution in [2.24, 2.45) is 5.16 Å². The number of rotatable bonds is 2. The lowest BCUT2D eigenvalue weighted by molar-refractivity contribution is 0.241. The van der Waals surface area contributed by atoms with E-state index < -0.39 is 0 Å². The third kappa shape index (κ3) is 3.43. The number of oxime groups is 1. The lowest BCUT2D eigenvalue weighted by Crippen LogP contribution is -1.86. The van der Waals surface area contributed by atoms with E-state index in [9.17, 15) is 0 Å². The molecule has 3 nitrogen and oxygen atoms in total. The van der Waals surface area contributed by atoms with Gasteiger partial charge in [-0.2, -0.15) is 0 Å². The van der Waals surface area contributed by atoms with Crippen LogP contribution in [0.15, 0.2) is 5.16 Å². The van der Waals surface area contributed by atoms with Crippen molar-refractivity contribution >= 4 is 6.21 Å². The van der Waals surface area contributed by atoms with Gasteiger partial charge < -0.3 is 9.94 Å².